The maximum Gasteiger partial charge on any atom is 0.231 e. The zero-order valence-electron chi connectivity index (χ0n) is 11.8. The molecule has 110 valence electrons. The number of anilines is 1. The fourth-order valence-electron chi connectivity index (χ4n) is 2.23. The van der Waals surface area contributed by atoms with Crippen LogP contribution in [0.15, 0.2) is 48.5 Å². The van der Waals surface area contributed by atoms with Gasteiger partial charge in [0.1, 0.15) is 5.82 Å². The zero-order valence-corrected chi connectivity index (χ0v) is 12.5. The van der Waals surface area contributed by atoms with E-state index in [-0.39, 0.29) is 16.8 Å². The predicted octanol–water partition coefficient (Wildman–Crippen LogP) is 5.00. The molecule has 2 aromatic carbocycles. The topological polar surface area (TPSA) is 29.1 Å². The highest BCUT2D eigenvalue weighted by Crippen LogP contribution is 2.27. The Morgan fingerprint density at radius 2 is 1.95 bits per heavy atom. The summed E-state index contributed by atoms with van der Waals surface area (Å²) in [5.41, 5.74) is 1.40. The van der Waals surface area contributed by atoms with Crippen molar-refractivity contribution in [3.8, 4) is 0 Å². The summed E-state index contributed by atoms with van der Waals surface area (Å²) < 4.78 is 13.0. The van der Waals surface area contributed by atoms with Crippen LogP contribution >= 0.6 is 11.6 Å². The molecule has 0 aliphatic carbocycles. The fourth-order valence-corrected chi connectivity index (χ4v) is 2.45. The molecule has 1 atom stereocenters. The molecule has 0 bridgehead atoms. The number of hydrogen-bond donors (Lipinski definition) is 1. The van der Waals surface area contributed by atoms with Crippen LogP contribution in [-0.4, -0.2) is 5.91 Å². The number of hydrogen-bond acceptors (Lipinski definition) is 1. The fraction of sp³-hybridized carbons (Fsp3) is 0.235. The normalized spacial score (nSPS) is 12.0. The summed E-state index contributed by atoms with van der Waals surface area (Å²) in [5.74, 6) is -0.792. The van der Waals surface area contributed by atoms with Gasteiger partial charge in [0.2, 0.25) is 5.91 Å². The number of carbonyl (C=O) groups excluding carboxylic acids is 1. The third-order valence-corrected chi connectivity index (χ3v) is 3.60. The van der Waals surface area contributed by atoms with E-state index in [1.165, 1.54) is 18.2 Å². The Hall–Kier alpha value is -1.87. The van der Waals surface area contributed by atoms with Crippen LogP contribution in [0.2, 0.25) is 5.02 Å². The summed E-state index contributed by atoms with van der Waals surface area (Å²) in [4.78, 5) is 12.5. The van der Waals surface area contributed by atoms with Crippen molar-refractivity contribution >= 4 is 23.2 Å². The number of nitrogens with one attached hydrogen (secondary N) is 1. The summed E-state index contributed by atoms with van der Waals surface area (Å²) in [6, 6.07) is 13.6. The smallest absolute Gasteiger partial charge is 0.231 e. The van der Waals surface area contributed by atoms with Crippen molar-refractivity contribution in [3.63, 3.8) is 0 Å². The van der Waals surface area contributed by atoms with E-state index in [0.29, 0.717) is 5.69 Å². The molecule has 0 radical (unpaired) electrons. The van der Waals surface area contributed by atoms with E-state index in [2.05, 4.69) is 5.32 Å². The standard InChI is InChI=1S/C17H17ClFNO/c1-2-6-14(12-7-4-3-5-8-12)17(21)20-16-10-9-13(19)11-15(16)18/h3-5,7-11,14H,2,6H2,1H3,(H,20,21)/t14-/m1/s1. The molecular formula is C17H17ClFNO. The van der Waals surface area contributed by atoms with Gasteiger partial charge in [0.05, 0.1) is 16.6 Å². The van der Waals surface area contributed by atoms with Crippen LogP contribution in [-0.2, 0) is 4.79 Å². The molecule has 0 unspecified atom stereocenters. The van der Waals surface area contributed by atoms with Gasteiger partial charge in [-0.3, -0.25) is 4.79 Å². The first kappa shape index (κ1) is 15.5. The first-order chi connectivity index (χ1) is 10.1. The maximum absolute atomic E-state index is 13.0. The van der Waals surface area contributed by atoms with Crippen molar-refractivity contribution in [2.45, 2.75) is 25.7 Å². The summed E-state index contributed by atoms with van der Waals surface area (Å²) in [7, 11) is 0. The Labute approximate surface area is 128 Å². The Balaban J connectivity index is 2.19. The van der Waals surface area contributed by atoms with E-state index in [9.17, 15) is 9.18 Å². The van der Waals surface area contributed by atoms with Crippen molar-refractivity contribution in [1.29, 1.82) is 0 Å². The van der Waals surface area contributed by atoms with Crippen molar-refractivity contribution in [1.82, 2.24) is 0 Å². The number of benzene rings is 2. The monoisotopic (exact) mass is 305 g/mol. The van der Waals surface area contributed by atoms with Gasteiger partial charge in [0.15, 0.2) is 0 Å². The van der Waals surface area contributed by atoms with Gasteiger partial charge >= 0.3 is 0 Å². The molecule has 0 spiro atoms. The lowest BCUT2D eigenvalue weighted by atomic mass is 9.93. The van der Waals surface area contributed by atoms with Crippen molar-refractivity contribution < 1.29 is 9.18 Å². The van der Waals surface area contributed by atoms with Gasteiger partial charge in [-0.05, 0) is 30.2 Å². The molecule has 2 nitrogen and oxygen atoms in total. The molecule has 2 aromatic rings. The Kier molecular flexibility index (Phi) is 5.34. The summed E-state index contributed by atoms with van der Waals surface area (Å²) >= 11 is 5.95. The lowest BCUT2D eigenvalue weighted by molar-refractivity contribution is -0.117. The molecule has 0 aliphatic heterocycles. The van der Waals surface area contributed by atoms with E-state index < -0.39 is 5.82 Å². The van der Waals surface area contributed by atoms with Crippen molar-refractivity contribution in [2.24, 2.45) is 0 Å². The van der Waals surface area contributed by atoms with Gasteiger partial charge in [-0.15, -0.1) is 0 Å². The average molecular weight is 306 g/mol. The van der Waals surface area contributed by atoms with Gasteiger partial charge in [-0.1, -0.05) is 55.3 Å². The van der Waals surface area contributed by atoms with E-state index in [4.69, 9.17) is 11.6 Å². The van der Waals surface area contributed by atoms with Gasteiger partial charge in [0.25, 0.3) is 0 Å². The minimum absolute atomic E-state index is 0.128. The van der Waals surface area contributed by atoms with Crippen molar-refractivity contribution in [2.75, 3.05) is 5.32 Å². The molecule has 0 aromatic heterocycles. The van der Waals surface area contributed by atoms with Crippen LogP contribution in [0.1, 0.15) is 31.2 Å². The minimum atomic E-state index is -0.425. The van der Waals surface area contributed by atoms with Crippen LogP contribution in [0.25, 0.3) is 0 Å². The lowest BCUT2D eigenvalue weighted by Gasteiger charge is -2.17. The van der Waals surface area contributed by atoms with Gasteiger partial charge < -0.3 is 5.32 Å². The quantitative estimate of drug-likeness (QED) is 0.827. The minimum Gasteiger partial charge on any atom is -0.324 e. The molecule has 0 heterocycles. The molecule has 4 heteroatoms. The van der Waals surface area contributed by atoms with E-state index >= 15 is 0 Å². The second kappa shape index (κ2) is 7.23. The maximum atomic E-state index is 13.0. The van der Waals surface area contributed by atoms with E-state index in [1.807, 2.05) is 37.3 Å². The van der Waals surface area contributed by atoms with Gasteiger partial charge in [-0.2, -0.15) is 0 Å². The highest BCUT2D eigenvalue weighted by molar-refractivity contribution is 6.33. The molecule has 1 N–H and O–H groups in total. The summed E-state index contributed by atoms with van der Waals surface area (Å²) in [6.45, 7) is 2.04. The molecular weight excluding hydrogens is 289 g/mol. The molecule has 21 heavy (non-hydrogen) atoms. The SMILES string of the molecule is CCC[C@@H](C(=O)Nc1ccc(F)cc1Cl)c1ccccc1. The number of amides is 1. The number of carbonyl (C=O) groups is 1. The molecule has 2 rings (SSSR count). The Bertz CT molecular complexity index is 615. The Morgan fingerprint density at radius 1 is 1.24 bits per heavy atom. The van der Waals surface area contributed by atoms with Crippen LogP contribution in [0.5, 0.6) is 0 Å². The Morgan fingerprint density at radius 3 is 2.57 bits per heavy atom. The average Bonchev–Trinajstić information content (AvgIpc) is 2.48. The van der Waals surface area contributed by atoms with E-state index in [0.717, 1.165) is 18.4 Å². The summed E-state index contributed by atoms with van der Waals surface area (Å²) in [5, 5.41) is 2.98. The molecule has 0 aliphatic rings. The third-order valence-electron chi connectivity index (χ3n) is 3.28. The predicted molar refractivity (Wildman–Crippen MR) is 84.1 cm³/mol. The molecule has 1 amide bonds. The highest BCUT2D eigenvalue weighted by atomic mass is 35.5. The van der Waals surface area contributed by atoms with Crippen LogP contribution < -0.4 is 5.32 Å². The van der Waals surface area contributed by atoms with Crippen LogP contribution in [0.3, 0.4) is 0 Å². The lowest BCUT2D eigenvalue weighted by Crippen LogP contribution is -2.21. The first-order valence-electron chi connectivity index (χ1n) is 6.92. The van der Waals surface area contributed by atoms with Gasteiger partial charge in [-0.25, -0.2) is 4.39 Å². The second-order valence-corrected chi connectivity index (χ2v) is 5.27. The molecule has 0 saturated heterocycles. The first-order valence-corrected chi connectivity index (χ1v) is 7.30. The van der Waals surface area contributed by atoms with Crippen LogP contribution in [0.4, 0.5) is 10.1 Å². The highest BCUT2D eigenvalue weighted by Gasteiger charge is 2.20. The largest absolute Gasteiger partial charge is 0.324 e. The van der Waals surface area contributed by atoms with Gasteiger partial charge in [0, 0.05) is 0 Å². The molecule has 0 saturated carbocycles. The van der Waals surface area contributed by atoms with Crippen molar-refractivity contribution in [3.05, 3.63) is 64.9 Å². The number of halogens is 2. The molecule has 0 fully saturated rings. The van der Waals surface area contributed by atoms with Crippen LogP contribution in [0, 0.1) is 5.82 Å². The summed E-state index contributed by atoms with van der Waals surface area (Å²) in [6.07, 6.45) is 1.64. The number of rotatable bonds is 5. The van der Waals surface area contributed by atoms with E-state index in [1.54, 1.807) is 0 Å². The third kappa shape index (κ3) is 4.05. The zero-order chi connectivity index (χ0) is 15.2. The second-order valence-electron chi connectivity index (χ2n) is 4.87.